The average Bonchev–Trinajstić information content (AvgIpc) is 2.34. The molecule has 0 spiro atoms. The second-order valence-corrected chi connectivity index (χ2v) is 5.79. The molecular formula is C14H26N2O. The van der Waals surface area contributed by atoms with Crippen LogP contribution in [-0.2, 0) is 4.79 Å². The number of carbonyl (C=O) groups excluding carboxylic acids is 1. The molecule has 1 aliphatic carbocycles. The van der Waals surface area contributed by atoms with Crippen molar-refractivity contribution in [2.75, 3.05) is 20.1 Å². The van der Waals surface area contributed by atoms with Crippen LogP contribution in [0.1, 0.15) is 45.4 Å². The molecule has 0 bridgehead atoms. The van der Waals surface area contributed by atoms with E-state index in [-0.39, 0.29) is 6.04 Å². The lowest BCUT2D eigenvalue weighted by Crippen LogP contribution is -2.51. The van der Waals surface area contributed by atoms with Gasteiger partial charge >= 0.3 is 0 Å². The van der Waals surface area contributed by atoms with Crippen molar-refractivity contribution in [1.82, 2.24) is 10.2 Å². The van der Waals surface area contributed by atoms with E-state index in [1.807, 2.05) is 7.05 Å². The molecule has 1 saturated carbocycles. The molecule has 98 valence electrons. The van der Waals surface area contributed by atoms with Crippen molar-refractivity contribution in [2.24, 2.45) is 11.8 Å². The first-order chi connectivity index (χ1) is 8.22. The van der Waals surface area contributed by atoms with Crippen LogP contribution in [0.25, 0.3) is 0 Å². The zero-order valence-corrected chi connectivity index (χ0v) is 11.2. The monoisotopic (exact) mass is 238 g/mol. The minimum Gasteiger partial charge on any atom is -0.341 e. The number of likely N-dealkylation sites (N-methyl/N-ethyl adjacent to an activating group) is 1. The van der Waals surface area contributed by atoms with Crippen LogP contribution in [0, 0.1) is 11.8 Å². The van der Waals surface area contributed by atoms with Crippen LogP contribution in [-0.4, -0.2) is 37.0 Å². The third-order valence-electron chi connectivity index (χ3n) is 4.62. The van der Waals surface area contributed by atoms with Crippen LogP contribution in [0.15, 0.2) is 0 Å². The number of piperidine rings is 1. The Morgan fingerprint density at radius 1 is 1.24 bits per heavy atom. The number of rotatable bonds is 3. The number of amides is 1. The van der Waals surface area contributed by atoms with E-state index in [4.69, 9.17) is 0 Å². The number of hydrogen-bond acceptors (Lipinski definition) is 2. The molecule has 0 aromatic carbocycles. The van der Waals surface area contributed by atoms with Crippen LogP contribution in [0.3, 0.4) is 0 Å². The third-order valence-corrected chi connectivity index (χ3v) is 4.62. The molecule has 1 aliphatic heterocycles. The van der Waals surface area contributed by atoms with Gasteiger partial charge in [-0.15, -0.1) is 0 Å². The van der Waals surface area contributed by atoms with E-state index >= 15 is 0 Å². The minimum absolute atomic E-state index is 0.0719. The van der Waals surface area contributed by atoms with Crippen LogP contribution in [0.5, 0.6) is 0 Å². The Morgan fingerprint density at radius 3 is 2.71 bits per heavy atom. The molecule has 2 rings (SSSR count). The molecule has 17 heavy (non-hydrogen) atoms. The van der Waals surface area contributed by atoms with Crippen molar-refractivity contribution in [3.05, 3.63) is 0 Å². The maximum atomic E-state index is 12.2. The Balaban J connectivity index is 1.90. The van der Waals surface area contributed by atoms with Gasteiger partial charge in [0.25, 0.3) is 0 Å². The zero-order chi connectivity index (χ0) is 12.3. The summed E-state index contributed by atoms with van der Waals surface area (Å²) in [6.45, 7) is 4.33. The molecule has 0 radical (unpaired) electrons. The summed E-state index contributed by atoms with van der Waals surface area (Å²) in [4.78, 5) is 14.3. The van der Waals surface area contributed by atoms with Gasteiger partial charge in [0, 0.05) is 13.1 Å². The van der Waals surface area contributed by atoms with E-state index < -0.39 is 0 Å². The summed E-state index contributed by atoms with van der Waals surface area (Å²) in [5.41, 5.74) is 0. The molecule has 3 heteroatoms. The van der Waals surface area contributed by atoms with Gasteiger partial charge in [-0.1, -0.05) is 26.2 Å². The fourth-order valence-electron chi connectivity index (χ4n) is 3.34. The third kappa shape index (κ3) is 3.01. The summed E-state index contributed by atoms with van der Waals surface area (Å²) >= 11 is 0. The highest BCUT2D eigenvalue weighted by molar-refractivity contribution is 5.82. The molecule has 1 N–H and O–H groups in total. The Hall–Kier alpha value is -0.570. The summed E-state index contributed by atoms with van der Waals surface area (Å²) < 4.78 is 0. The van der Waals surface area contributed by atoms with E-state index in [9.17, 15) is 4.79 Å². The van der Waals surface area contributed by atoms with Crippen molar-refractivity contribution in [3.8, 4) is 0 Å². The quantitative estimate of drug-likeness (QED) is 0.816. The first-order valence-corrected chi connectivity index (χ1v) is 7.18. The second kappa shape index (κ2) is 5.85. The summed E-state index contributed by atoms with van der Waals surface area (Å²) in [6, 6.07) is 0.0719. The number of carbonyl (C=O) groups is 1. The molecule has 2 aliphatic rings. The summed E-state index contributed by atoms with van der Waals surface area (Å²) in [7, 11) is 1.90. The van der Waals surface area contributed by atoms with Crippen LogP contribution in [0.2, 0.25) is 0 Å². The van der Waals surface area contributed by atoms with Crippen molar-refractivity contribution >= 4 is 5.91 Å². The first-order valence-electron chi connectivity index (χ1n) is 7.18. The highest BCUT2D eigenvalue weighted by atomic mass is 16.2. The standard InChI is InChI=1S/C14H26N2O/c1-11-6-3-4-7-12(11)10-16-9-5-8-13(15-2)14(16)17/h11-13,15H,3-10H2,1-2H3. The van der Waals surface area contributed by atoms with Crippen LogP contribution >= 0.6 is 0 Å². The van der Waals surface area contributed by atoms with Gasteiger partial charge in [-0.25, -0.2) is 0 Å². The SMILES string of the molecule is CNC1CCCN(CC2CCCCC2C)C1=O. The van der Waals surface area contributed by atoms with Gasteiger partial charge in [-0.2, -0.15) is 0 Å². The molecule has 3 atom stereocenters. The molecule has 3 unspecified atom stereocenters. The Kier molecular flexibility index (Phi) is 4.43. The van der Waals surface area contributed by atoms with Crippen molar-refractivity contribution in [3.63, 3.8) is 0 Å². The van der Waals surface area contributed by atoms with Gasteiger partial charge < -0.3 is 10.2 Å². The predicted molar refractivity (Wildman–Crippen MR) is 69.8 cm³/mol. The van der Waals surface area contributed by atoms with Gasteiger partial charge in [-0.3, -0.25) is 4.79 Å². The summed E-state index contributed by atoms with van der Waals surface area (Å²) in [5.74, 6) is 1.87. The van der Waals surface area contributed by atoms with E-state index in [2.05, 4.69) is 17.1 Å². The Morgan fingerprint density at radius 2 is 2.00 bits per heavy atom. The van der Waals surface area contributed by atoms with Gasteiger partial charge in [0.1, 0.15) is 0 Å². The van der Waals surface area contributed by atoms with Gasteiger partial charge in [0.2, 0.25) is 5.91 Å². The molecule has 2 fully saturated rings. The Bertz CT molecular complexity index is 267. The van der Waals surface area contributed by atoms with Crippen LogP contribution < -0.4 is 5.32 Å². The normalized spacial score (nSPS) is 35.1. The van der Waals surface area contributed by atoms with Gasteiger partial charge in [0.05, 0.1) is 6.04 Å². The molecule has 0 aromatic heterocycles. The van der Waals surface area contributed by atoms with Crippen molar-refractivity contribution in [1.29, 1.82) is 0 Å². The summed E-state index contributed by atoms with van der Waals surface area (Å²) in [6.07, 6.45) is 7.55. The fourth-order valence-corrected chi connectivity index (χ4v) is 3.34. The summed E-state index contributed by atoms with van der Waals surface area (Å²) in [5, 5.41) is 3.14. The maximum absolute atomic E-state index is 12.2. The smallest absolute Gasteiger partial charge is 0.239 e. The number of hydrogen-bond donors (Lipinski definition) is 1. The topological polar surface area (TPSA) is 32.3 Å². The average molecular weight is 238 g/mol. The largest absolute Gasteiger partial charge is 0.341 e. The molecule has 0 aromatic rings. The zero-order valence-electron chi connectivity index (χ0n) is 11.2. The maximum Gasteiger partial charge on any atom is 0.239 e. The number of nitrogens with zero attached hydrogens (tertiary/aromatic N) is 1. The predicted octanol–water partition coefficient (Wildman–Crippen LogP) is 2.02. The first kappa shape index (κ1) is 12.9. The van der Waals surface area contributed by atoms with E-state index in [0.29, 0.717) is 5.91 Å². The minimum atomic E-state index is 0.0719. The molecule has 1 heterocycles. The fraction of sp³-hybridized carbons (Fsp3) is 0.929. The van der Waals surface area contributed by atoms with E-state index in [0.717, 1.165) is 37.8 Å². The lowest BCUT2D eigenvalue weighted by Gasteiger charge is -2.37. The van der Waals surface area contributed by atoms with Crippen molar-refractivity contribution in [2.45, 2.75) is 51.5 Å². The number of likely N-dealkylation sites (tertiary alicyclic amines) is 1. The van der Waals surface area contributed by atoms with E-state index in [1.165, 1.54) is 25.7 Å². The van der Waals surface area contributed by atoms with Gasteiger partial charge in [0.15, 0.2) is 0 Å². The molecule has 1 amide bonds. The lowest BCUT2D eigenvalue weighted by atomic mass is 9.80. The Labute approximate surface area is 105 Å². The molecule has 3 nitrogen and oxygen atoms in total. The van der Waals surface area contributed by atoms with E-state index in [1.54, 1.807) is 0 Å². The van der Waals surface area contributed by atoms with Crippen LogP contribution in [0.4, 0.5) is 0 Å². The molecule has 1 saturated heterocycles. The second-order valence-electron chi connectivity index (χ2n) is 5.79. The number of nitrogens with one attached hydrogen (secondary N) is 1. The highest BCUT2D eigenvalue weighted by Crippen LogP contribution is 2.30. The van der Waals surface area contributed by atoms with Gasteiger partial charge in [-0.05, 0) is 38.1 Å². The lowest BCUT2D eigenvalue weighted by molar-refractivity contribution is -0.136. The van der Waals surface area contributed by atoms with Crippen molar-refractivity contribution < 1.29 is 4.79 Å². The highest BCUT2D eigenvalue weighted by Gasteiger charge is 2.31. The molecular weight excluding hydrogens is 212 g/mol.